The number of benzene rings is 2. The number of nitrogens with zero attached hydrogens (tertiary/aromatic N) is 1. The van der Waals surface area contributed by atoms with Gasteiger partial charge in [-0.3, -0.25) is 10.2 Å². The van der Waals surface area contributed by atoms with Crippen LogP contribution in [-0.4, -0.2) is 63.8 Å². The molecule has 44 heavy (non-hydrogen) atoms. The SMILES string of the molecule is CCC(=O)O.CCCCCCNC(=O)[N+]1([O-])CCc2cc(OCc3ccc(C(=N)N)cc3)ccc2C1=O.O=C(O)C(F)(F)F. The predicted molar refractivity (Wildman–Crippen MR) is 154 cm³/mol. The second kappa shape index (κ2) is 17.6. The molecule has 0 bridgehead atoms. The van der Waals surface area contributed by atoms with E-state index in [1.54, 1.807) is 37.3 Å². The number of hydroxylamine groups is 3. The number of carbonyl (C=O) groups excluding carboxylic acids is 2. The first-order valence-electron chi connectivity index (χ1n) is 13.7. The molecule has 0 radical (unpaired) electrons. The van der Waals surface area contributed by atoms with Gasteiger partial charge < -0.3 is 31.2 Å². The van der Waals surface area contributed by atoms with E-state index >= 15 is 0 Å². The average molecular weight is 627 g/mol. The number of alkyl halides is 3. The van der Waals surface area contributed by atoms with E-state index in [0.29, 0.717) is 36.4 Å². The van der Waals surface area contributed by atoms with Gasteiger partial charge in [-0.25, -0.2) is 19.0 Å². The van der Waals surface area contributed by atoms with Crippen molar-refractivity contribution in [1.82, 2.24) is 5.32 Å². The van der Waals surface area contributed by atoms with Crippen LogP contribution >= 0.6 is 0 Å². The Bertz CT molecular complexity index is 1300. The summed E-state index contributed by atoms with van der Waals surface area (Å²) in [6.07, 6.45) is -0.604. The third-order valence-corrected chi connectivity index (χ3v) is 6.18. The maximum Gasteiger partial charge on any atom is 0.490 e. The highest BCUT2D eigenvalue weighted by Crippen LogP contribution is 2.28. The van der Waals surface area contributed by atoms with Crippen LogP contribution in [0, 0.1) is 10.6 Å². The van der Waals surface area contributed by atoms with Gasteiger partial charge in [-0.2, -0.15) is 13.2 Å². The second-order valence-electron chi connectivity index (χ2n) is 9.58. The van der Waals surface area contributed by atoms with Crippen LogP contribution in [0.4, 0.5) is 18.0 Å². The molecule has 1 aliphatic rings. The van der Waals surface area contributed by atoms with E-state index in [0.717, 1.165) is 31.2 Å². The number of carboxylic acid groups (broad SMARTS) is 2. The smallest absolute Gasteiger partial charge is 0.490 e. The summed E-state index contributed by atoms with van der Waals surface area (Å²) < 4.78 is 36.1. The molecule has 3 amide bonds. The highest BCUT2D eigenvalue weighted by atomic mass is 19.4. The molecule has 3 rings (SSSR count). The van der Waals surface area contributed by atoms with E-state index < -0.39 is 34.7 Å². The lowest BCUT2D eigenvalue weighted by Crippen LogP contribution is -2.59. The Kier molecular flexibility index (Phi) is 15.0. The molecule has 2 aromatic carbocycles. The predicted octanol–water partition coefficient (Wildman–Crippen LogP) is 4.96. The zero-order valence-corrected chi connectivity index (χ0v) is 24.4. The fraction of sp³-hybridized carbons (Fsp3) is 0.414. The average Bonchev–Trinajstić information content (AvgIpc) is 2.98. The quantitative estimate of drug-likeness (QED) is 0.0793. The molecule has 6 N–H and O–H groups in total. The summed E-state index contributed by atoms with van der Waals surface area (Å²) in [6, 6.07) is 11.4. The number of fused-ring (bicyclic) bond motifs is 1. The van der Waals surface area contributed by atoms with Crippen molar-refractivity contribution in [2.24, 2.45) is 5.73 Å². The van der Waals surface area contributed by atoms with Crippen LogP contribution in [0.3, 0.4) is 0 Å². The van der Waals surface area contributed by atoms with E-state index in [2.05, 4.69) is 12.2 Å². The van der Waals surface area contributed by atoms with Gasteiger partial charge in [0.15, 0.2) is 0 Å². The maximum absolute atomic E-state index is 13.0. The molecule has 1 unspecified atom stereocenters. The van der Waals surface area contributed by atoms with Gasteiger partial charge in [-0.05, 0) is 35.7 Å². The number of nitrogens with one attached hydrogen (secondary N) is 2. The number of amidine groups is 1. The summed E-state index contributed by atoms with van der Waals surface area (Å²) in [4.78, 5) is 43.5. The molecule has 0 spiro atoms. The van der Waals surface area contributed by atoms with Crippen molar-refractivity contribution in [2.45, 2.75) is 65.2 Å². The Labute approximate surface area is 252 Å². The van der Waals surface area contributed by atoms with Crippen LogP contribution in [0.25, 0.3) is 0 Å². The van der Waals surface area contributed by atoms with Crippen LogP contribution < -0.4 is 15.8 Å². The van der Waals surface area contributed by atoms with E-state index in [1.807, 2.05) is 12.1 Å². The van der Waals surface area contributed by atoms with Gasteiger partial charge in [0, 0.05) is 24.9 Å². The topological polar surface area (TPSA) is 203 Å². The molecule has 0 aliphatic carbocycles. The van der Waals surface area contributed by atoms with Gasteiger partial charge in [0.2, 0.25) is 0 Å². The first-order chi connectivity index (χ1) is 20.6. The Morgan fingerprint density at radius 1 is 1.07 bits per heavy atom. The summed E-state index contributed by atoms with van der Waals surface area (Å²) in [7, 11) is 0. The largest absolute Gasteiger partial charge is 0.616 e. The number of carbonyl (C=O) groups is 4. The number of hydrogen-bond donors (Lipinski definition) is 5. The molecule has 1 atom stereocenters. The summed E-state index contributed by atoms with van der Waals surface area (Å²) >= 11 is 0. The lowest BCUT2D eigenvalue weighted by Gasteiger charge is -2.39. The number of unbranched alkanes of at least 4 members (excludes halogenated alkanes) is 3. The molecule has 15 heteroatoms. The molecule has 0 fully saturated rings. The standard InChI is InChI=1S/C24H30N4O4.C3H6O2.C2HF3O2/c1-2-3-4-5-13-27-24(30)28(31)14-12-19-15-20(10-11-21(19)23(28)29)32-16-17-6-8-18(9-7-17)22(25)26;1-2-3(4)5;3-2(4,5)1(6)7/h6-11,15H,2-5,12-14,16H2,1H3,(H3,25,26)(H,27,30);2H2,1H3,(H,4,5);(H,6,7). The van der Waals surface area contributed by atoms with E-state index in [4.69, 9.17) is 30.9 Å². The first-order valence-corrected chi connectivity index (χ1v) is 13.7. The number of hydrogen-bond acceptors (Lipinski definition) is 7. The monoisotopic (exact) mass is 626 g/mol. The minimum Gasteiger partial charge on any atom is -0.616 e. The number of quaternary nitrogens is 1. The minimum absolute atomic E-state index is 0.00912. The number of urea groups is 1. The van der Waals surface area contributed by atoms with Crippen LogP contribution in [0.15, 0.2) is 42.5 Å². The third-order valence-electron chi connectivity index (χ3n) is 6.18. The summed E-state index contributed by atoms with van der Waals surface area (Å²) in [5.41, 5.74) is 7.99. The molecule has 0 aromatic heterocycles. The van der Waals surface area contributed by atoms with Gasteiger partial charge in [0.05, 0.1) is 12.1 Å². The Balaban J connectivity index is 0.000000682. The van der Waals surface area contributed by atoms with Crippen molar-refractivity contribution < 1.29 is 51.9 Å². The number of ether oxygens (including phenoxy) is 1. The number of nitrogens with two attached hydrogens (primary N) is 1. The van der Waals surface area contributed by atoms with Crippen LogP contribution in [-0.2, 0) is 22.6 Å². The summed E-state index contributed by atoms with van der Waals surface area (Å²) in [6.45, 7) is 4.29. The van der Waals surface area contributed by atoms with Crippen LogP contribution in [0.1, 0.15) is 73.0 Å². The number of aliphatic carboxylic acids is 2. The minimum atomic E-state index is -5.08. The van der Waals surface area contributed by atoms with E-state index in [1.165, 1.54) is 0 Å². The third kappa shape index (κ3) is 12.0. The van der Waals surface area contributed by atoms with Gasteiger partial charge in [0.1, 0.15) is 18.2 Å². The molecule has 2 aromatic rings. The van der Waals surface area contributed by atoms with Crippen molar-refractivity contribution >= 4 is 29.7 Å². The highest BCUT2D eigenvalue weighted by molar-refractivity contribution is 5.98. The number of amides is 3. The highest BCUT2D eigenvalue weighted by Gasteiger charge is 2.41. The molecular weight excluding hydrogens is 589 g/mol. The summed E-state index contributed by atoms with van der Waals surface area (Å²) in [5, 5.41) is 37.9. The van der Waals surface area contributed by atoms with Gasteiger partial charge in [-0.15, -0.1) is 0 Å². The normalized spacial score (nSPS) is 15.4. The van der Waals surface area contributed by atoms with E-state index in [9.17, 15) is 32.8 Å². The fourth-order valence-corrected chi connectivity index (χ4v) is 3.67. The van der Waals surface area contributed by atoms with Crippen LogP contribution in [0.5, 0.6) is 5.75 Å². The van der Waals surface area contributed by atoms with Crippen LogP contribution in [0.2, 0.25) is 0 Å². The Morgan fingerprint density at radius 3 is 2.16 bits per heavy atom. The Morgan fingerprint density at radius 2 is 1.66 bits per heavy atom. The molecule has 1 aliphatic heterocycles. The van der Waals surface area contributed by atoms with Crippen molar-refractivity contribution in [2.75, 3.05) is 13.1 Å². The van der Waals surface area contributed by atoms with Gasteiger partial charge in [0.25, 0.3) is 0 Å². The number of carboxylic acids is 2. The molecule has 1 heterocycles. The number of nitrogen functional groups attached to an aromatic ring is 1. The van der Waals surface area contributed by atoms with Crippen molar-refractivity contribution in [3.63, 3.8) is 0 Å². The molecule has 12 nitrogen and oxygen atoms in total. The maximum atomic E-state index is 13.0. The van der Waals surface area contributed by atoms with Crippen molar-refractivity contribution in [1.29, 1.82) is 5.41 Å². The zero-order valence-electron chi connectivity index (χ0n) is 24.4. The molecular formula is C29H37F3N4O8. The van der Waals surface area contributed by atoms with Gasteiger partial charge in [-0.1, -0.05) is 57.4 Å². The first kappa shape index (κ1) is 37.5. The fourth-order valence-electron chi connectivity index (χ4n) is 3.67. The second-order valence-corrected chi connectivity index (χ2v) is 9.58. The number of halogens is 3. The lowest BCUT2D eigenvalue weighted by atomic mass is 9.98. The number of imide groups is 1. The van der Waals surface area contributed by atoms with Crippen molar-refractivity contribution in [3.05, 3.63) is 69.9 Å². The molecule has 0 saturated carbocycles. The van der Waals surface area contributed by atoms with Gasteiger partial charge >= 0.3 is 30.1 Å². The molecule has 242 valence electrons. The summed E-state index contributed by atoms with van der Waals surface area (Å²) in [5.74, 6) is -3.64. The van der Waals surface area contributed by atoms with Crippen molar-refractivity contribution in [3.8, 4) is 5.75 Å². The molecule has 0 saturated heterocycles. The lowest BCUT2D eigenvalue weighted by molar-refractivity contribution is -0.714. The zero-order chi connectivity index (χ0) is 33.5. The van der Waals surface area contributed by atoms with E-state index in [-0.39, 0.29) is 24.4 Å². The number of rotatable bonds is 10. The Hall–Kier alpha value is -4.50.